The normalized spacial score (nSPS) is 10.2. The van der Waals surface area contributed by atoms with Crippen molar-refractivity contribution in [3.8, 4) is 5.82 Å². The van der Waals surface area contributed by atoms with Gasteiger partial charge in [-0.15, -0.1) is 0 Å². The first-order valence-electron chi connectivity index (χ1n) is 6.36. The van der Waals surface area contributed by atoms with Gasteiger partial charge in [0.15, 0.2) is 5.82 Å². The van der Waals surface area contributed by atoms with Gasteiger partial charge in [0, 0.05) is 29.2 Å². The van der Waals surface area contributed by atoms with Crippen molar-refractivity contribution in [1.82, 2.24) is 19.7 Å². The maximum Gasteiger partial charge on any atom is 0.324 e. The van der Waals surface area contributed by atoms with Crippen LogP contribution in [0.1, 0.15) is 0 Å². The van der Waals surface area contributed by atoms with Crippen LogP contribution in [0.5, 0.6) is 0 Å². The van der Waals surface area contributed by atoms with Gasteiger partial charge >= 0.3 is 6.03 Å². The number of anilines is 2. The zero-order chi connectivity index (χ0) is 15.4. The molecule has 110 valence electrons. The summed E-state index contributed by atoms with van der Waals surface area (Å²) >= 11 is 5.79. The second-order valence-corrected chi connectivity index (χ2v) is 4.73. The summed E-state index contributed by atoms with van der Waals surface area (Å²) in [5.41, 5.74) is 0.628. The van der Waals surface area contributed by atoms with Crippen molar-refractivity contribution in [2.45, 2.75) is 0 Å². The number of carbonyl (C=O) groups is 1. The monoisotopic (exact) mass is 314 g/mol. The maximum atomic E-state index is 11.9. The van der Waals surface area contributed by atoms with Gasteiger partial charge in [-0.1, -0.05) is 11.6 Å². The van der Waals surface area contributed by atoms with E-state index in [4.69, 9.17) is 11.6 Å². The van der Waals surface area contributed by atoms with Gasteiger partial charge in [0.2, 0.25) is 0 Å². The smallest absolute Gasteiger partial charge is 0.308 e. The minimum Gasteiger partial charge on any atom is -0.308 e. The Kier molecular flexibility index (Phi) is 3.97. The third-order valence-corrected chi connectivity index (χ3v) is 2.99. The number of hydrogen-bond acceptors (Lipinski definition) is 4. The zero-order valence-corrected chi connectivity index (χ0v) is 12.0. The molecular weight excluding hydrogens is 304 g/mol. The molecule has 3 aromatic rings. The van der Waals surface area contributed by atoms with E-state index in [-0.39, 0.29) is 0 Å². The Balaban J connectivity index is 1.69. The summed E-state index contributed by atoms with van der Waals surface area (Å²) in [6.07, 6.45) is 4.75. The molecule has 8 heteroatoms. The lowest BCUT2D eigenvalue weighted by atomic mass is 10.3. The standard InChI is InChI=1S/C14H11ClN6O/c15-10-2-4-11(5-3-10)19-14(22)20-12-8-13(17-9-16-12)21-7-1-6-18-21/h1-9H,(H2,16,17,19,20,22). The third kappa shape index (κ3) is 3.39. The van der Waals surface area contributed by atoms with Crippen LogP contribution in [0.25, 0.3) is 5.82 Å². The second kappa shape index (κ2) is 6.23. The van der Waals surface area contributed by atoms with Crippen molar-refractivity contribution >= 4 is 29.1 Å². The average Bonchev–Trinajstić information content (AvgIpc) is 3.04. The molecule has 0 bridgehead atoms. The summed E-state index contributed by atoms with van der Waals surface area (Å²) in [5.74, 6) is 0.925. The number of nitrogens with zero attached hydrogens (tertiary/aromatic N) is 4. The number of nitrogens with one attached hydrogen (secondary N) is 2. The van der Waals surface area contributed by atoms with Crippen molar-refractivity contribution in [2.75, 3.05) is 10.6 Å². The summed E-state index contributed by atoms with van der Waals surface area (Å²) in [6, 6.07) is 9.79. The first-order valence-corrected chi connectivity index (χ1v) is 6.74. The number of hydrogen-bond donors (Lipinski definition) is 2. The highest BCUT2D eigenvalue weighted by Crippen LogP contribution is 2.14. The molecule has 0 saturated heterocycles. The van der Waals surface area contributed by atoms with E-state index in [1.54, 1.807) is 53.5 Å². The molecular formula is C14H11ClN6O. The topological polar surface area (TPSA) is 84.7 Å². The number of amides is 2. The Bertz CT molecular complexity index is 772. The fourth-order valence-corrected chi connectivity index (χ4v) is 1.88. The van der Waals surface area contributed by atoms with Crippen LogP contribution >= 0.6 is 11.6 Å². The Labute approximate surface area is 131 Å². The molecule has 0 aliphatic heterocycles. The molecule has 0 fully saturated rings. The number of carbonyl (C=O) groups excluding carboxylic acids is 1. The van der Waals surface area contributed by atoms with E-state index in [1.165, 1.54) is 6.33 Å². The van der Waals surface area contributed by atoms with Crippen LogP contribution < -0.4 is 10.6 Å². The lowest BCUT2D eigenvalue weighted by Crippen LogP contribution is -2.20. The average molecular weight is 315 g/mol. The van der Waals surface area contributed by atoms with Gasteiger partial charge in [0.05, 0.1) is 0 Å². The fraction of sp³-hybridized carbons (Fsp3) is 0. The summed E-state index contributed by atoms with van der Waals surface area (Å²) in [7, 11) is 0. The van der Waals surface area contributed by atoms with Crippen molar-refractivity contribution in [2.24, 2.45) is 0 Å². The molecule has 1 aromatic carbocycles. The van der Waals surface area contributed by atoms with Crippen LogP contribution in [-0.4, -0.2) is 25.8 Å². The second-order valence-electron chi connectivity index (χ2n) is 4.30. The largest absolute Gasteiger partial charge is 0.324 e. The van der Waals surface area contributed by atoms with Crippen molar-refractivity contribution in [3.05, 3.63) is 60.1 Å². The molecule has 3 rings (SSSR count). The number of urea groups is 1. The Hall–Kier alpha value is -2.93. The van der Waals surface area contributed by atoms with E-state index in [9.17, 15) is 4.79 Å². The van der Waals surface area contributed by atoms with Gasteiger partial charge in [-0.25, -0.2) is 19.4 Å². The molecule has 0 radical (unpaired) electrons. The van der Waals surface area contributed by atoms with Crippen LogP contribution in [0.3, 0.4) is 0 Å². The highest BCUT2D eigenvalue weighted by molar-refractivity contribution is 6.30. The van der Waals surface area contributed by atoms with Crippen molar-refractivity contribution < 1.29 is 4.79 Å². The van der Waals surface area contributed by atoms with Crippen LogP contribution in [0.2, 0.25) is 5.02 Å². The fourth-order valence-electron chi connectivity index (χ4n) is 1.76. The molecule has 7 nitrogen and oxygen atoms in total. The van der Waals surface area contributed by atoms with Crippen LogP contribution in [0.4, 0.5) is 16.3 Å². The molecule has 2 aromatic heterocycles. The molecule has 2 N–H and O–H groups in total. The Morgan fingerprint density at radius 3 is 2.68 bits per heavy atom. The highest BCUT2D eigenvalue weighted by atomic mass is 35.5. The predicted molar refractivity (Wildman–Crippen MR) is 83.2 cm³/mol. The molecule has 2 amide bonds. The van der Waals surface area contributed by atoms with Crippen molar-refractivity contribution in [3.63, 3.8) is 0 Å². The van der Waals surface area contributed by atoms with E-state index < -0.39 is 6.03 Å². The minimum absolute atomic E-state index is 0.368. The van der Waals surface area contributed by atoms with E-state index in [2.05, 4.69) is 25.7 Å². The van der Waals surface area contributed by atoms with Crippen LogP contribution in [0, 0.1) is 0 Å². The number of aromatic nitrogens is 4. The van der Waals surface area contributed by atoms with Crippen LogP contribution in [0.15, 0.2) is 55.1 Å². The van der Waals surface area contributed by atoms with E-state index >= 15 is 0 Å². The Morgan fingerprint density at radius 2 is 1.95 bits per heavy atom. The van der Waals surface area contributed by atoms with E-state index in [1.807, 2.05) is 0 Å². The first-order chi connectivity index (χ1) is 10.7. The molecule has 0 aliphatic carbocycles. The Morgan fingerprint density at radius 1 is 1.14 bits per heavy atom. The van der Waals surface area contributed by atoms with E-state index in [0.29, 0.717) is 22.3 Å². The summed E-state index contributed by atoms with van der Waals surface area (Å²) in [5, 5.41) is 9.98. The van der Waals surface area contributed by atoms with Gasteiger partial charge in [-0.2, -0.15) is 5.10 Å². The van der Waals surface area contributed by atoms with Gasteiger partial charge in [-0.3, -0.25) is 5.32 Å². The molecule has 2 heterocycles. The molecule has 0 saturated carbocycles. The summed E-state index contributed by atoms with van der Waals surface area (Å²) < 4.78 is 1.57. The lowest BCUT2D eigenvalue weighted by molar-refractivity contribution is 0.262. The summed E-state index contributed by atoms with van der Waals surface area (Å²) in [6.45, 7) is 0. The quantitative estimate of drug-likeness (QED) is 0.778. The van der Waals surface area contributed by atoms with Crippen LogP contribution in [-0.2, 0) is 0 Å². The number of halogens is 1. The molecule has 22 heavy (non-hydrogen) atoms. The molecule has 0 atom stereocenters. The van der Waals surface area contributed by atoms with Crippen molar-refractivity contribution in [1.29, 1.82) is 0 Å². The van der Waals surface area contributed by atoms with Gasteiger partial charge in [0.1, 0.15) is 12.1 Å². The highest BCUT2D eigenvalue weighted by Gasteiger charge is 2.06. The number of benzene rings is 1. The SMILES string of the molecule is O=C(Nc1ccc(Cl)cc1)Nc1cc(-n2cccn2)ncn1. The predicted octanol–water partition coefficient (Wildman–Crippen LogP) is 2.96. The van der Waals surface area contributed by atoms with E-state index in [0.717, 1.165) is 0 Å². The third-order valence-electron chi connectivity index (χ3n) is 2.74. The minimum atomic E-state index is -0.410. The molecule has 0 spiro atoms. The first kappa shape index (κ1) is 14.0. The van der Waals surface area contributed by atoms with Gasteiger partial charge in [0.25, 0.3) is 0 Å². The lowest BCUT2D eigenvalue weighted by Gasteiger charge is -2.08. The zero-order valence-electron chi connectivity index (χ0n) is 11.3. The maximum absolute atomic E-state index is 11.9. The van der Waals surface area contributed by atoms with Gasteiger partial charge < -0.3 is 5.32 Å². The summed E-state index contributed by atoms with van der Waals surface area (Å²) in [4.78, 5) is 20.0. The number of rotatable bonds is 3. The van der Waals surface area contributed by atoms with Gasteiger partial charge in [-0.05, 0) is 30.3 Å². The molecule has 0 unspecified atom stereocenters. The molecule has 0 aliphatic rings.